The van der Waals surface area contributed by atoms with E-state index in [1.54, 1.807) is 6.07 Å². The zero-order valence-electron chi connectivity index (χ0n) is 11.9. The highest BCUT2D eigenvalue weighted by molar-refractivity contribution is 5.60. The Labute approximate surface area is 123 Å². The molecule has 0 aliphatic carbocycles. The average molecular weight is 283 g/mol. The smallest absolute Gasteiger partial charge is 0.140 e. The molecule has 2 atom stereocenters. The molecule has 2 aromatic carbocycles. The normalized spacial score (nSPS) is 18.4. The topological polar surface area (TPSA) is 41.6 Å². The number of halogens is 1. The highest BCUT2D eigenvalue weighted by Gasteiger charge is 2.24. The summed E-state index contributed by atoms with van der Waals surface area (Å²) in [6.45, 7) is 2.03. The molecular formula is C17H18FN3. The number of hydrogen-bond donors (Lipinski definition) is 1. The predicted molar refractivity (Wildman–Crippen MR) is 82.6 cm³/mol. The molecule has 0 fully saturated rings. The van der Waals surface area contributed by atoms with Crippen molar-refractivity contribution in [3.05, 3.63) is 64.9 Å². The van der Waals surface area contributed by atoms with Gasteiger partial charge in [-0.3, -0.25) is 4.99 Å². The Kier molecular flexibility index (Phi) is 3.71. The van der Waals surface area contributed by atoms with Crippen LogP contribution in [0.25, 0.3) is 6.20 Å². The maximum atomic E-state index is 14.0. The minimum atomic E-state index is -0.263. The van der Waals surface area contributed by atoms with Crippen molar-refractivity contribution >= 4 is 11.9 Å². The van der Waals surface area contributed by atoms with E-state index in [9.17, 15) is 4.39 Å². The number of fused-ring (bicyclic) bond motifs is 1. The zero-order valence-corrected chi connectivity index (χ0v) is 11.9. The second-order valence-electron chi connectivity index (χ2n) is 5.16. The molecule has 0 saturated carbocycles. The molecule has 1 aliphatic rings. The quantitative estimate of drug-likeness (QED) is 0.932. The molecule has 21 heavy (non-hydrogen) atoms. The van der Waals surface area contributed by atoms with Crippen LogP contribution in [-0.4, -0.2) is 12.2 Å². The van der Waals surface area contributed by atoms with Gasteiger partial charge in [0.25, 0.3) is 0 Å². The molecule has 0 amide bonds. The van der Waals surface area contributed by atoms with E-state index in [2.05, 4.69) is 4.99 Å². The van der Waals surface area contributed by atoms with Crippen LogP contribution in [-0.2, 0) is 0 Å². The largest absolute Gasteiger partial charge is 0.324 e. The van der Waals surface area contributed by atoms with Crippen LogP contribution >= 0.6 is 0 Å². The molecule has 0 radical (unpaired) electrons. The van der Waals surface area contributed by atoms with E-state index in [0.29, 0.717) is 10.6 Å². The molecule has 1 unspecified atom stereocenters. The molecular weight excluding hydrogens is 265 g/mol. The summed E-state index contributed by atoms with van der Waals surface area (Å²) in [6.07, 6.45) is 2.40. The Balaban J connectivity index is 2.18. The Bertz CT molecular complexity index is 742. The van der Waals surface area contributed by atoms with Crippen LogP contribution < -0.4 is 21.2 Å². The molecule has 108 valence electrons. The monoisotopic (exact) mass is 283 g/mol. The lowest BCUT2D eigenvalue weighted by molar-refractivity contribution is 0.507. The van der Waals surface area contributed by atoms with Crippen molar-refractivity contribution in [2.75, 3.05) is 4.90 Å². The molecule has 2 N–H and O–H groups in total. The van der Waals surface area contributed by atoms with Crippen molar-refractivity contribution in [1.82, 2.24) is 0 Å². The molecule has 3 nitrogen and oxygen atoms in total. The van der Waals surface area contributed by atoms with Gasteiger partial charge in [0.15, 0.2) is 0 Å². The fourth-order valence-corrected chi connectivity index (χ4v) is 2.53. The van der Waals surface area contributed by atoms with E-state index in [-0.39, 0.29) is 18.0 Å². The second-order valence-corrected chi connectivity index (χ2v) is 5.16. The maximum Gasteiger partial charge on any atom is 0.140 e. The van der Waals surface area contributed by atoms with Crippen molar-refractivity contribution < 1.29 is 4.39 Å². The highest BCUT2D eigenvalue weighted by atomic mass is 19.1. The lowest BCUT2D eigenvalue weighted by Crippen LogP contribution is -2.51. The molecule has 1 aliphatic heterocycles. The van der Waals surface area contributed by atoms with Crippen LogP contribution in [0.2, 0.25) is 0 Å². The van der Waals surface area contributed by atoms with Gasteiger partial charge in [0.2, 0.25) is 0 Å². The van der Waals surface area contributed by atoms with Crippen molar-refractivity contribution in [3.8, 4) is 0 Å². The summed E-state index contributed by atoms with van der Waals surface area (Å²) in [5.74, 6) is -0.263. The molecule has 2 aromatic rings. The zero-order chi connectivity index (χ0) is 14.8. The number of anilines is 1. The SMILES string of the molecule is CCC(N)[C@@H]1N=c2cccc(F)c2=CN1c1ccccc1. The average Bonchev–Trinajstić information content (AvgIpc) is 2.54. The summed E-state index contributed by atoms with van der Waals surface area (Å²) in [6, 6.07) is 14.7. The van der Waals surface area contributed by atoms with Gasteiger partial charge in [-0.15, -0.1) is 0 Å². The van der Waals surface area contributed by atoms with Gasteiger partial charge in [-0.25, -0.2) is 4.39 Å². The van der Waals surface area contributed by atoms with Crippen molar-refractivity contribution in [1.29, 1.82) is 0 Å². The van der Waals surface area contributed by atoms with Crippen LogP contribution in [0.15, 0.2) is 53.5 Å². The van der Waals surface area contributed by atoms with Gasteiger partial charge < -0.3 is 10.6 Å². The van der Waals surface area contributed by atoms with Crippen molar-refractivity contribution in [2.24, 2.45) is 10.7 Å². The van der Waals surface area contributed by atoms with Crippen LogP contribution in [0.3, 0.4) is 0 Å². The number of para-hydroxylation sites is 1. The predicted octanol–water partition coefficient (Wildman–Crippen LogP) is 1.77. The second kappa shape index (κ2) is 5.66. The Morgan fingerprint density at radius 1 is 1.19 bits per heavy atom. The van der Waals surface area contributed by atoms with Crippen LogP contribution in [0.5, 0.6) is 0 Å². The van der Waals surface area contributed by atoms with Gasteiger partial charge in [0, 0.05) is 17.9 Å². The molecule has 1 heterocycles. The number of nitrogens with zero attached hydrogens (tertiary/aromatic N) is 2. The third kappa shape index (κ3) is 2.54. The summed E-state index contributed by atoms with van der Waals surface area (Å²) < 4.78 is 14.0. The first kappa shape index (κ1) is 13.8. The van der Waals surface area contributed by atoms with Gasteiger partial charge in [-0.1, -0.05) is 31.2 Å². The summed E-state index contributed by atoms with van der Waals surface area (Å²) in [7, 11) is 0. The summed E-state index contributed by atoms with van der Waals surface area (Å²) in [4.78, 5) is 6.62. The minimum Gasteiger partial charge on any atom is -0.324 e. The first-order valence-corrected chi connectivity index (χ1v) is 7.14. The molecule has 0 spiro atoms. The van der Waals surface area contributed by atoms with Crippen LogP contribution in [0, 0.1) is 5.82 Å². The number of rotatable bonds is 3. The van der Waals surface area contributed by atoms with E-state index in [4.69, 9.17) is 5.73 Å². The molecule has 4 heteroatoms. The fourth-order valence-electron chi connectivity index (χ4n) is 2.53. The highest BCUT2D eigenvalue weighted by Crippen LogP contribution is 2.21. The summed E-state index contributed by atoms with van der Waals surface area (Å²) in [5, 5.41) is 1.18. The van der Waals surface area contributed by atoms with Gasteiger partial charge in [-0.05, 0) is 30.7 Å². The van der Waals surface area contributed by atoms with Gasteiger partial charge >= 0.3 is 0 Å². The maximum absolute atomic E-state index is 14.0. The number of hydrogen-bond acceptors (Lipinski definition) is 3. The van der Waals surface area contributed by atoms with Gasteiger partial charge in [0.1, 0.15) is 12.0 Å². The van der Waals surface area contributed by atoms with Crippen molar-refractivity contribution in [3.63, 3.8) is 0 Å². The van der Waals surface area contributed by atoms with Crippen LogP contribution in [0.4, 0.5) is 10.1 Å². The fraction of sp³-hybridized carbons (Fsp3) is 0.235. The summed E-state index contributed by atoms with van der Waals surface area (Å²) in [5.41, 5.74) is 7.18. The van der Waals surface area contributed by atoms with E-state index in [0.717, 1.165) is 12.1 Å². The Hall–Kier alpha value is -2.20. The van der Waals surface area contributed by atoms with E-state index in [1.807, 2.05) is 54.4 Å². The third-order valence-corrected chi connectivity index (χ3v) is 3.76. The lowest BCUT2D eigenvalue weighted by Gasteiger charge is -2.33. The Morgan fingerprint density at radius 3 is 2.67 bits per heavy atom. The molecule has 0 saturated heterocycles. The van der Waals surface area contributed by atoms with E-state index < -0.39 is 0 Å². The first-order chi connectivity index (χ1) is 10.2. The third-order valence-electron chi connectivity index (χ3n) is 3.76. The lowest BCUT2D eigenvalue weighted by atomic mass is 10.1. The first-order valence-electron chi connectivity index (χ1n) is 7.14. The molecule has 0 aromatic heterocycles. The van der Waals surface area contributed by atoms with Gasteiger partial charge in [-0.2, -0.15) is 0 Å². The number of benzene rings is 2. The Morgan fingerprint density at radius 2 is 1.95 bits per heavy atom. The molecule has 0 bridgehead atoms. The van der Waals surface area contributed by atoms with E-state index in [1.165, 1.54) is 6.07 Å². The summed E-state index contributed by atoms with van der Waals surface area (Å²) >= 11 is 0. The van der Waals surface area contributed by atoms with E-state index >= 15 is 0 Å². The molecule has 3 rings (SSSR count). The van der Waals surface area contributed by atoms with Gasteiger partial charge in [0.05, 0.1) is 10.6 Å². The standard InChI is InChI=1S/C17H18FN3/c1-2-15(19)17-20-16-10-6-9-14(18)13(16)11-21(17)12-7-4-3-5-8-12/h3-11,15,17H,2,19H2,1H3/t15?,17-/m1/s1. The van der Waals surface area contributed by atoms with Crippen molar-refractivity contribution in [2.45, 2.75) is 25.6 Å². The number of nitrogens with two attached hydrogens (primary N) is 1. The van der Waals surface area contributed by atoms with Crippen LogP contribution in [0.1, 0.15) is 13.3 Å². The minimum absolute atomic E-state index is 0.113.